The van der Waals surface area contributed by atoms with Gasteiger partial charge in [-0.25, -0.2) is 0 Å². The Morgan fingerprint density at radius 3 is 1.83 bits per heavy atom. The molecule has 0 fully saturated rings. The first-order chi connectivity index (χ1) is 22.8. The Hall–Kier alpha value is -6.12. The summed E-state index contributed by atoms with van der Waals surface area (Å²) in [6, 6.07) is 62.6. The van der Waals surface area contributed by atoms with Crippen molar-refractivity contribution in [1.29, 1.82) is 0 Å². The van der Waals surface area contributed by atoms with Gasteiger partial charge in [-0.3, -0.25) is 0 Å². The number of hydrogen-bond donors (Lipinski definition) is 0. The van der Waals surface area contributed by atoms with E-state index in [0.717, 1.165) is 44.4 Å². The second kappa shape index (κ2) is 10.8. The molecule has 46 heavy (non-hydrogen) atoms. The molecular formula is C44H29NO. The fourth-order valence-corrected chi connectivity index (χ4v) is 6.86. The van der Waals surface area contributed by atoms with Crippen LogP contribution in [-0.4, -0.2) is 0 Å². The fraction of sp³-hybridized carbons (Fsp3) is 0. The van der Waals surface area contributed by atoms with Crippen LogP contribution in [0.25, 0.3) is 65.7 Å². The van der Waals surface area contributed by atoms with Crippen molar-refractivity contribution in [2.24, 2.45) is 0 Å². The smallest absolute Gasteiger partial charge is 0.143 e. The Morgan fingerprint density at radius 1 is 0.391 bits per heavy atom. The van der Waals surface area contributed by atoms with Gasteiger partial charge in [0.15, 0.2) is 0 Å². The quantitative estimate of drug-likeness (QED) is 0.199. The Bertz CT molecular complexity index is 2510. The molecule has 9 aromatic rings. The molecule has 9 rings (SSSR count). The third-order valence-electron chi connectivity index (χ3n) is 9.01. The summed E-state index contributed by atoms with van der Waals surface area (Å²) in [7, 11) is 0. The van der Waals surface area contributed by atoms with E-state index in [2.05, 4.69) is 181 Å². The summed E-state index contributed by atoms with van der Waals surface area (Å²) in [5, 5.41) is 6.92. The van der Waals surface area contributed by atoms with E-state index >= 15 is 0 Å². The molecule has 1 heterocycles. The number of benzene rings is 8. The molecule has 216 valence electrons. The van der Waals surface area contributed by atoms with E-state index < -0.39 is 0 Å². The molecule has 0 unspecified atom stereocenters. The Morgan fingerprint density at radius 2 is 1.04 bits per heavy atom. The van der Waals surface area contributed by atoms with Crippen molar-refractivity contribution in [3.63, 3.8) is 0 Å². The number of anilines is 3. The summed E-state index contributed by atoms with van der Waals surface area (Å²) >= 11 is 0. The van der Waals surface area contributed by atoms with Crippen LogP contribution in [0.15, 0.2) is 180 Å². The minimum atomic E-state index is 0.872. The Balaban J connectivity index is 1.29. The lowest BCUT2D eigenvalue weighted by molar-refractivity contribution is 0.672. The highest BCUT2D eigenvalue weighted by Gasteiger charge is 2.21. The first-order valence-electron chi connectivity index (χ1n) is 15.7. The molecule has 0 bridgehead atoms. The average Bonchev–Trinajstić information content (AvgIpc) is 3.52. The highest BCUT2D eigenvalue weighted by Crippen LogP contribution is 2.46. The molecule has 0 atom stereocenters. The standard InChI is InChI=1S/C44H29NO/c1-4-13-30(14-5-1)32-23-24-34-28-36(26-25-33(34)27-32)45(35-17-8-3-9-18-35)41-21-12-22-42-43(41)40-29-39(31-15-6-2-7-16-31)37-19-10-11-20-38(37)44(40)46-42/h1-29H. The summed E-state index contributed by atoms with van der Waals surface area (Å²) in [5.74, 6) is 0. The van der Waals surface area contributed by atoms with Crippen LogP contribution in [0.5, 0.6) is 0 Å². The zero-order valence-electron chi connectivity index (χ0n) is 25.1. The molecule has 0 saturated carbocycles. The highest BCUT2D eigenvalue weighted by atomic mass is 16.3. The van der Waals surface area contributed by atoms with Crippen LogP contribution in [0.4, 0.5) is 17.1 Å². The molecular weight excluding hydrogens is 558 g/mol. The number of hydrogen-bond acceptors (Lipinski definition) is 2. The summed E-state index contributed by atoms with van der Waals surface area (Å²) in [4.78, 5) is 2.36. The van der Waals surface area contributed by atoms with E-state index in [1.54, 1.807) is 0 Å². The second-order valence-corrected chi connectivity index (χ2v) is 11.7. The molecule has 0 radical (unpaired) electrons. The van der Waals surface area contributed by atoms with E-state index in [4.69, 9.17) is 4.42 Å². The van der Waals surface area contributed by atoms with Crippen molar-refractivity contribution in [3.05, 3.63) is 176 Å². The van der Waals surface area contributed by atoms with Gasteiger partial charge in [0, 0.05) is 22.1 Å². The highest BCUT2D eigenvalue weighted by molar-refractivity contribution is 6.22. The van der Waals surface area contributed by atoms with Gasteiger partial charge in [-0.05, 0) is 86.9 Å². The van der Waals surface area contributed by atoms with Crippen molar-refractivity contribution >= 4 is 60.5 Å². The van der Waals surface area contributed by atoms with Crippen molar-refractivity contribution in [1.82, 2.24) is 0 Å². The van der Waals surface area contributed by atoms with Crippen LogP contribution < -0.4 is 4.90 Å². The Kier molecular flexibility index (Phi) is 6.17. The van der Waals surface area contributed by atoms with Crippen LogP contribution in [0, 0.1) is 0 Å². The van der Waals surface area contributed by atoms with E-state index in [-0.39, 0.29) is 0 Å². The molecule has 0 aliphatic rings. The van der Waals surface area contributed by atoms with Crippen LogP contribution in [-0.2, 0) is 0 Å². The minimum absolute atomic E-state index is 0.872. The predicted molar refractivity (Wildman–Crippen MR) is 194 cm³/mol. The van der Waals surface area contributed by atoms with Gasteiger partial charge in [0.2, 0.25) is 0 Å². The van der Waals surface area contributed by atoms with E-state index in [0.29, 0.717) is 0 Å². The third kappa shape index (κ3) is 4.35. The van der Waals surface area contributed by atoms with Gasteiger partial charge < -0.3 is 9.32 Å². The van der Waals surface area contributed by atoms with Crippen LogP contribution in [0.3, 0.4) is 0 Å². The van der Waals surface area contributed by atoms with Gasteiger partial charge in [0.1, 0.15) is 11.2 Å². The summed E-state index contributed by atoms with van der Waals surface area (Å²) < 4.78 is 6.72. The molecule has 8 aromatic carbocycles. The van der Waals surface area contributed by atoms with E-state index in [9.17, 15) is 0 Å². The zero-order valence-corrected chi connectivity index (χ0v) is 25.1. The number of para-hydroxylation sites is 1. The van der Waals surface area contributed by atoms with Gasteiger partial charge >= 0.3 is 0 Å². The zero-order chi connectivity index (χ0) is 30.5. The lowest BCUT2D eigenvalue weighted by atomic mass is 9.95. The predicted octanol–water partition coefficient (Wildman–Crippen LogP) is 12.7. The molecule has 1 aromatic heterocycles. The van der Waals surface area contributed by atoms with Crippen molar-refractivity contribution in [2.45, 2.75) is 0 Å². The number of nitrogens with zero attached hydrogens (tertiary/aromatic N) is 1. The van der Waals surface area contributed by atoms with Gasteiger partial charge in [-0.2, -0.15) is 0 Å². The second-order valence-electron chi connectivity index (χ2n) is 11.7. The fourth-order valence-electron chi connectivity index (χ4n) is 6.86. The molecule has 0 amide bonds. The van der Waals surface area contributed by atoms with Gasteiger partial charge in [-0.1, -0.05) is 127 Å². The molecule has 2 heteroatoms. The molecule has 0 aliphatic heterocycles. The SMILES string of the molecule is c1ccc(-c2ccc3cc(N(c4ccccc4)c4cccc5oc6c7ccccc7c(-c7ccccc7)cc6c45)ccc3c2)cc1. The lowest BCUT2D eigenvalue weighted by Crippen LogP contribution is -2.10. The molecule has 0 saturated heterocycles. The van der Waals surface area contributed by atoms with Gasteiger partial charge in [-0.15, -0.1) is 0 Å². The number of furan rings is 1. The van der Waals surface area contributed by atoms with Crippen LogP contribution in [0.1, 0.15) is 0 Å². The molecule has 2 nitrogen and oxygen atoms in total. The number of fused-ring (bicyclic) bond motifs is 6. The van der Waals surface area contributed by atoms with Gasteiger partial charge in [0.25, 0.3) is 0 Å². The monoisotopic (exact) mass is 587 g/mol. The minimum Gasteiger partial charge on any atom is -0.455 e. The molecule has 0 spiro atoms. The summed E-state index contributed by atoms with van der Waals surface area (Å²) in [6.07, 6.45) is 0. The van der Waals surface area contributed by atoms with E-state index in [1.165, 1.54) is 38.4 Å². The average molecular weight is 588 g/mol. The molecule has 0 N–H and O–H groups in total. The first-order valence-corrected chi connectivity index (χ1v) is 15.7. The normalized spacial score (nSPS) is 11.5. The first kappa shape index (κ1) is 26.3. The number of rotatable bonds is 5. The summed E-state index contributed by atoms with van der Waals surface area (Å²) in [5.41, 5.74) is 9.89. The largest absolute Gasteiger partial charge is 0.455 e. The molecule has 0 aliphatic carbocycles. The Labute approximate surface area is 267 Å². The van der Waals surface area contributed by atoms with Crippen molar-refractivity contribution in [3.8, 4) is 22.3 Å². The maximum atomic E-state index is 6.72. The van der Waals surface area contributed by atoms with Crippen molar-refractivity contribution in [2.75, 3.05) is 4.90 Å². The van der Waals surface area contributed by atoms with Crippen LogP contribution >= 0.6 is 0 Å². The van der Waals surface area contributed by atoms with Crippen molar-refractivity contribution < 1.29 is 4.42 Å². The van der Waals surface area contributed by atoms with Crippen LogP contribution in [0.2, 0.25) is 0 Å². The summed E-state index contributed by atoms with van der Waals surface area (Å²) in [6.45, 7) is 0. The third-order valence-corrected chi connectivity index (χ3v) is 9.01. The maximum Gasteiger partial charge on any atom is 0.143 e. The van der Waals surface area contributed by atoms with E-state index in [1.807, 2.05) is 0 Å². The van der Waals surface area contributed by atoms with Gasteiger partial charge in [0.05, 0.1) is 11.1 Å². The maximum absolute atomic E-state index is 6.72. The lowest BCUT2D eigenvalue weighted by Gasteiger charge is -2.26. The topological polar surface area (TPSA) is 16.4 Å².